The molecule has 1 aromatic carbocycles. The van der Waals surface area contributed by atoms with Crippen LogP contribution in [-0.2, 0) is 17.6 Å². The number of carboxylic acid groups (broad SMARTS) is 1. The van der Waals surface area contributed by atoms with Crippen LogP contribution in [0.4, 0.5) is 5.82 Å². The summed E-state index contributed by atoms with van der Waals surface area (Å²) >= 11 is 6.50. The van der Waals surface area contributed by atoms with Crippen LogP contribution >= 0.6 is 11.6 Å². The first-order chi connectivity index (χ1) is 14.5. The zero-order chi connectivity index (χ0) is 20.8. The highest BCUT2D eigenvalue weighted by Crippen LogP contribution is 2.43. The van der Waals surface area contributed by atoms with Gasteiger partial charge < -0.3 is 10.0 Å². The minimum Gasteiger partial charge on any atom is -0.481 e. The zero-order valence-electron chi connectivity index (χ0n) is 16.9. The number of anilines is 1. The van der Waals surface area contributed by atoms with Gasteiger partial charge >= 0.3 is 5.97 Å². The van der Waals surface area contributed by atoms with Gasteiger partial charge in [0.15, 0.2) is 5.82 Å². The average Bonchev–Trinajstić information content (AvgIpc) is 3.53. The topological polar surface area (TPSA) is 75.4 Å². The normalized spacial score (nSPS) is 19.6. The lowest BCUT2D eigenvalue weighted by Gasteiger charge is -2.31. The Balaban J connectivity index is 1.51. The third kappa shape index (κ3) is 3.41. The first kappa shape index (κ1) is 19.6. The van der Waals surface area contributed by atoms with Crippen molar-refractivity contribution in [3.63, 3.8) is 0 Å². The molecule has 5 rings (SSSR count). The summed E-state index contributed by atoms with van der Waals surface area (Å²) in [5.41, 5.74) is 3.79. The third-order valence-electron chi connectivity index (χ3n) is 6.77. The number of benzene rings is 1. The summed E-state index contributed by atoms with van der Waals surface area (Å²) in [6, 6.07) is 5.72. The van der Waals surface area contributed by atoms with Crippen LogP contribution in [0.3, 0.4) is 0 Å². The molecule has 1 aliphatic heterocycles. The number of piperidine rings is 1. The molecule has 1 saturated carbocycles. The van der Waals surface area contributed by atoms with Gasteiger partial charge in [0.05, 0.1) is 22.2 Å². The van der Waals surface area contributed by atoms with Crippen molar-refractivity contribution in [2.24, 2.45) is 5.92 Å². The fourth-order valence-corrected chi connectivity index (χ4v) is 5.21. The Bertz CT molecular complexity index is 1000. The number of carboxylic acids is 1. The molecule has 1 aromatic heterocycles. The van der Waals surface area contributed by atoms with Crippen molar-refractivity contribution in [2.45, 2.75) is 57.3 Å². The van der Waals surface area contributed by atoms with Crippen molar-refractivity contribution in [1.29, 1.82) is 0 Å². The highest BCUT2D eigenvalue weighted by molar-refractivity contribution is 6.34. The summed E-state index contributed by atoms with van der Waals surface area (Å²) in [6.45, 7) is 1.32. The number of fused-ring (bicyclic) bond motifs is 1. The Morgan fingerprint density at radius 1 is 1.07 bits per heavy atom. The van der Waals surface area contributed by atoms with Crippen molar-refractivity contribution < 1.29 is 14.7 Å². The van der Waals surface area contributed by atoms with Gasteiger partial charge in [-0.2, -0.15) is 4.68 Å². The van der Waals surface area contributed by atoms with E-state index in [-0.39, 0.29) is 11.8 Å². The molecule has 7 heteroatoms. The summed E-state index contributed by atoms with van der Waals surface area (Å²) in [5.74, 6) is 0.145. The van der Waals surface area contributed by atoms with Crippen LogP contribution in [0.25, 0.3) is 0 Å². The van der Waals surface area contributed by atoms with E-state index < -0.39 is 5.97 Å². The predicted octanol–water partition coefficient (Wildman–Crippen LogP) is 4.28. The molecule has 2 fully saturated rings. The molecule has 3 aliphatic rings. The molecule has 0 unspecified atom stereocenters. The maximum Gasteiger partial charge on any atom is 0.306 e. The van der Waals surface area contributed by atoms with E-state index in [1.807, 2.05) is 12.1 Å². The zero-order valence-corrected chi connectivity index (χ0v) is 17.7. The fourth-order valence-electron chi connectivity index (χ4n) is 4.95. The fraction of sp³-hybridized carbons (Fsp3) is 0.522. The maximum absolute atomic E-state index is 13.6. The van der Waals surface area contributed by atoms with E-state index in [2.05, 4.69) is 4.90 Å². The number of halogens is 1. The number of carbonyl (C=O) groups excluding carboxylic acids is 1. The third-order valence-corrected chi connectivity index (χ3v) is 7.09. The molecule has 30 heavy (non-hydrogen) atoms. The molecular weight excluding hydrogens is 402 g/mol. The van der Waals surface area contributed by atoms with Gasteiger partial charge in [-0.15, -0.1) is 5.10 Å². The average molecular weight is 428 g/mol. The highest BCUT2D eigenvalue weighted by Gasteiger charge is 2.34. The second-order valence-electron chi connectivity index (χ2n) is 8.75. The second kappa shape index (κ2) is 7.73. The Hall–Kier alpha value is -2.34. The van der Waals surface area contributed by atoms with Crippen LogP contribution in [0.5, 0.6) is 0 Å². The van der Waals surface area contributed by atoms with E-state index in [1.165, 1.54) is 0 Å². The summed E-state index contributed by atoms with van der Waals surface area (Å²) in [7, 11) is 0. The largest absolute Gasteiger partial charge is 0.481 e. The summed E-state index contributed by atoms with van der Waals surface area (Å²) in [6.07, 6.45) is 7.30. The maximum atomic E-state index is 13.6. The van der Waals surface area contributed by atoms with Crippen LogP contribution in [0.15, 0.2) is 18.2 Å². The van der Waals surface area contributed by atoms with Crippen LogP contribution < -0.4 is 4.90 Å². The Morgan fingerprint density at radius 3 is 2.50 bits per heavy atom. The van der Waals surface area contributed by atoms with Gasteiger partial charge in [0.25, 0.3) is 5.91 Å². The van der Waals surface area contributed by atoms with Gasteiger partial charge in [-0.1, -0.05) is 23.7 Å². The van der Waals surface area contributed by atoms with Crippen LogP contribution in [0.1, 0.15) is 71.6 Å². The number of rotatable bonds is 4. The minimum absolute atomic E-state index is 0.132. The molecule has 0 amide bonds. The molecule has 0 bridgehead atoms. The number of nitrogens with zero attached hydrogens (tertiary/aromatic N) is 3. The van der Waals surface area contributed by atoms with E-state index in [0.29, 0.717) is 42.4 Å². The molecule has 158 valence electrons. The van der Waals surface area contributed by atoms with E-state index in [9.17, 15) is 14.7 Å². The summed E-state index contributed by atoms with van der Waals surface area (Å²) in [5, 5.41) is 14.6. The van der Waals surface area contributed by atoms with Gasteiger partial charge in [-0.3, -0.25) is 9.59 Å². The molecule has 2 aliphatic carbocycles. The van der Waals surface area contributed by atoms with Crippen molar-refractivity contribution in [3.8, 4) is 0 Å². The number of carbonyl (C=O) groups is 2. The van der Waals surface area contributed by atoms with Gasteiger partial charge in [-0.05, 0) is 68.9 Å². The van der Waals surface area contributed by atoms with E-state index >= 15 is 0 Å². The Kier molecular flexibility index (Phi) is 5.05. The van der Waals surface area contributed by atoms with Crippen molar-refractivity contribution in [2.75, 3.05) is 18.0 Å². The summed E-state index contributed by atoms with van der Waals surface area (Å²) in [4.78, 5) is 27.1. The first-order valence-corrected chi connectivity index (χ1v) is 11.3. The van der Waals surface area contributed by atoms with Gasteiger partial charge in [0.2, 0.25) is 0 Å². The monoisotopic (exact) mass is 427 g/mol. The molecule has 1 saturated heterocycles. The van der Waals surface area contributed by atoms with Crippen molar-refractivity contribution in [3.05, 3.63) is 45.6 Å². The van der Waals surface area contributed by atoms with Crippen molar-refractivity contribution in [1.82, 2.24) is 9.78 Å². The number of hydrogen-bond acceptors (Lipinski definition) is 4. The second-order valence-corrected chi connectivity index (χ2v) is 9.16. The van der Waals surface area contributed by atoms with Crippen molar-refractivity contribution >= 4 is 29.3 Å². The lowest BCUT2D eigenvalue weighted by atomic mass is 9.94. The van der Waals surface area contributed by atoms with Gasteiger partial charge in [-0.25, -0.2) is 0 Å². The molecule has 6 nitrogen and oxygen atoms in total. The predicted molar refractivity (Wildman–Crippen MR) is 115 cm³/mol. The van der Waals surface area contributed by atoms with Crippen LogP contribution in [-0.4, -0.2) is 39.9 Å². The Morgan fingerprint density at radius 2 is 1.80 bits per heavy atom. The number of hydrogen-bond donors (Lipinski definition) is 1. The smallest absolute Gasteiger partial charge is 0.306 e. The highest BCUT2D eigenvalue weighted by atomic mass is 35.5. The summed E-state index contributed by atoms with van der Waals surface area (Å²) < 4.78 is 1.60. The van der Waals surface area contributed by atoms with E-state index in [0.717, 1.165) is 61.2 Å². The molecule has 1 N–H and O–H groups in total. The van der Waals surface area contributed by atoms with Gasteiger partial charge in [0.1, 0.15) is 0 Å². The Labute approximate surface area is 180 Å². The first-order valence-electron chi connectivity index (χ1n) is 11.0. The van der Waals surface area contributed by atoms with E-state index in [1.54, 1.807) is 10.7 Å². The molecule has 0 spiro atoms. The lowest BCUT2D eigenvalue weighted by molar-refractivity contribution is -0.142. The van der Waals surface area contributed by atoms with Gasteiger partial charge in [0, 0.05) is 18.7 Å². The lowest BCUT2D eigenvalue weighted by Crippen LogP contribution is -2.37. The molecule has 0 atom stereocenters. The molecular formula is C23H26ClN3O3. The standard InChI is InChI=1S/C23H26ClN3O3/c24-18-6-3-5-16(14-8-9-14)20(18)22(28)27-19-7-2-1-4-17(19)21(25-27)26-12-10-15(11-13-26)23(29)30/h3,5-6,14-15H,1-2,4,7-13H2,(H,29,30). The van der Waals surface area contributed by atoms with E-state index in [4.69, 9.17) is 16.7 Å². The number of aliphatic carboxylic acids is 1. The van der Waals surface area contributed by atoms with Crippen LogP contribution in [0.2, 0.25) is 5.02 Å². The minimum atomic E-state index is -0.719. The molecule has 0 radical (unpaired) electrons. The molecule has 2 heterocycles. The van der Waals surface area contributed by atoms with Crippen LogP contribution in [0, 0.1) is 5.92 Å². The quantitative estimate of drug-likeness (QED) is 0.788. The molecule has 2 aromatic rings. The number of aromatic nitrogens is 2. The SMILES string of the molecule is O=C(O)C1CCN(c2nn(C(=O)c3c(Cl)cccc3C3CC3)c3c2CCCC3)CC1.